The molecule has 2 aliphatic carbocycles. The average Bonchev–Trinajstić information content (AvgIpc) is 3.32. The van der Waals surface area contributed by atoms with Crippen molar-refractivity contribution in [3.8, 4) is 0 Å². The van der Waals surface area contributed by atoms with Crippen LogP contribution in [0.25, 0.3) is 0 Å². The summed E-state index contributed by atoms with van der Waals surface area (Å²) in [5.74, 6) is -0.231. The Morgan fingerprint density at radius 3 is 2.54 bits per heavy atom. The fraction of sp³-hybridized carbons (Fsp3) is 0.444. The molecule has 3 aliphatic rings. The minimum absolute atomic E-state index is 0.0406. The van der Waals surface area contributed by atoms with Crippen LogP contribution in [0.4, 0.5) is 5.69 Å². The number of rotatable bonds is 7. The van der Waals surface area contributed by atoms with Crippen LogP contribution in [0.3, 0.4) is 0 Å². The summed E-state index contributed by atoms with van der Waals surface area (Å²) in [5.41, 5.74) is -0.318. The summed E-state index contributed by atoms with van der Waals surface area (Å²) in [7, 11) is -3.90. The number of sulfonamides is 1. The topological polar surface area (TPSA) is 97.6 Å². The third-order valence-corrected chi connectivity index (χ3v) is 12.9. The zero-order valence-electron chi connectivity index (χ0n) is 20.7. The molecule has 3 fully saturated rings. The Morgan fingerprint density at radius 2 is 1.95 bits per heavy atom. The highest BCUT2D eigenvalue weighted by molar-refractivity contribution is 8.01. The normalized spacial score (nSPS) is 28.5. The summed E-state index contributed by atoms with van der Waals surface area (Å²) in [6.45, 7) is 8.16. The van der Waals surface area contributed by atoms with Gasteiger partial charge in [-0.15, -0.1) is 18.3 Å². The van der Waals surface area contributed by atoms with Crippen LogP contribution in [-0.2, 0) is 19.6 Å². The van der Waals surface area contributed by atoms with Gasteiger partial charge in [-0.3, -0.25) is 14.9 Å². The first kappa shape index (κ1) is 26.3. The van der Waals surface area contributed by atoms with Gasteiger partial charge in [0.15, 0.2) is 0 Å². The number of halogens is 1. The van der Waals surface area contributed by atoms with Crippen molar-refractivity contribution in [1.29, 1.82) is 0 Å². The number of nitro groups is 1. The molecule has 1 aliphatic heterocycles. The Kier molecular flexibility index (Phi) is 6.28. The second-order valence-electron chi connectivity index (χ2n) is 10.9. The Balaban J connectivity index is 1.68. The fourth-order valence-corrected chi connectivity index (χ4v) is 11.2. The van der Waals surface area contributed by atoms with E-state index in [-0.39, 0.29) is 23.3 Å². The molecule has 1 amide bonds. The number of non-ortho nitro benzene ring substituents is 1. The van der Waals surface area contributed by atoms with Crippen molar-refractivity contribution in [3.63, 3.8) is 0 Å². The molecule has 4 atom stereocenters. The van der Waals surface area contributed by atoms with Crippen LogP contribution in [0, 0.1) is 26.9 Å². The van der Waals surface area contributed by atoms with Gasteiger partial charge in [0.25, 0.3) is 11.6 Å². The molecule has 1 saturated heterocycles. The number of nitrogens with zero attached hydrogens (tertiary/aromatic N) is 2. The number of hydrogen-bond acceptors (Lipinski definition) is 6. The van der Waals surface area contributed by atoms with E-state index in [1.54, 1.807) is 30.3 Å². The molecule has 37 heavy (non-hydrogen) atoms. The molecule has 2 bridgehead atoms. The van der Waals surface area contributed by atoms with Crippen LogP contribution in [0.5, 0.6) is 0 Å². The van der Waals surface area contributed by atoms with Gasteiger partial charge >= 0.3 is 0 Å². The van der Waals surface area contributed by atoms with E-state index in [4.69, 9.17) is 11.6 Å². The Hall–Kier alpha value is -2.36. The molecule has 7 nitrogen and oxygen atoms in total. The number of nitro benzene ring substituents is 1. The lowest BCUT2D eigenvalue weighted by Gasteiger charge is -2.40. The van der Waals surface area contributed by atoms with Crippen molar-refractivity contribution >= 4 is 45.0 Å². The van der Waals surface area contributed by atoms with E-state index in [1.807, 2.05) is 0 Å². The molecule has 2 aromatic carbocycles. The lowest BCUT2D eigenvalue weighted by Crippen LogP contribution is -2.51. The van der Waals surface area contributed by atoms with Gasteiger partial charge in [-0.05, 0) is 54.7 Å². The van der Waals surface area contributed by atoms with Crippen molar-refractivity contribution < 1.29 is 18.1 Å². The van der Waals surface area contributed by atoms with Crippen molar-refractivity contribution in [2.75, 3.05) is 5.75 Å². The van der Waals surface area contributed by atoms with Gasteiger partial charge in [0.05, 0.1) is 21.7 Å². The highest BCUT2D eigenvalue weighted by Gasteiger charge is 2.73. The molecular formula is C27H29ClN2O5S2. The van der Waals surface area contributed by atoms with Gasteiger partial charge in [0.1, 0.15) is 4.75 Å². The molecule has 2 aromatic rings. The molecule has 1 spiro atoms. The lowest BCUT2D eigenvalue weighted by atomic mass is 9.69. The summed E-state index contributed by atoms with van der Waals surface area (Å²) < 4.78 is 27.3. The van der Waals surface area contributed by atoms with Crippen LogP contribution >= 0.6 is 23.4 Å². The maximum atomic E-state index is 14.7. The Bertz CT molecular complexity index is 1390. The van der Waals surface area contributed by atoms with Gasteiger partial charge < -0.3 is 0 Å². The van der Waals surface area contributed by atoms with Crippen LogP contribution in [0.15, 0.2) is 66.1 Å². The smallest absolute Gasteiger partial charge is 0.269 e. The SMILES string of the molecule is C=CC[C@](Sc1ccccc1Cl)(C(=O)N1[C@H]2C[C@H]3CC[C@]2(CS1(=O)=O)C3(C)C)c1ccc([N+](=O)[O-])cc1. The van der Waals surface area contributed by atoms with Gasteiger partial charge in [0, 0.05) is 22.4 Å². The summed E-state index contributed by atoms with van der Waals surface area (Å²) in [4.78, 5) is 26.2. The van der Waals surface area contributed by atoms with E-state index in [0.717, 1.165) is 12.8 Å². The quantitative estimate of drug-likeness (QED) is 0.174. The largest absolute Gasteiger partial charge is 0.272 e. The van der Waals surface area contributed by atoms with Gasteiger partial charge in [0.2, 0.25) is 10.0 Å². The number of carbonyl (C=O) groups is 1. The minimum Gasteiger partial charge on any atom is -0.272 e. The molecule has 196 valence electrons. The standard InChI is InChI=1S/C27H29ClN2O5S2/c1-4-14-27(36-22-8-6-5-7-21(22)28,18-9-11-20(12-10-18)30(32)33)24(31)29-23-16-19-13-15-26(23,25(19,2)3)17-37(29,34)35/h4-12,19,23H,1,13-17H2,2-3H3/t19-,23+,26-,27-/m1/s1. The second-order valence-corrected chi connectivity index (χ2v) is 14.5. The zero-order chi connectivity index (χ0) is 26.8. The molecule has 10 heteroatoms. The lowest BCUT2D eigenvalue weighted by molar-refractivity contribution is -0.384. The van der Waals surface area contributed by atoms with Gasteiger partial charge in [-0.2, -0.15) is 0 Å². The van der Waals surface area contributed by atoms with Crippen molar-refractivity contribution in [2.45, 2.75) is 55.2 Å². The summed E-state index contributed by atoms with van der Waals surface area (Å²) in [6.07, 6.45) is 4.10. The Labute approximate surface area is 226 Å². The van der Waals surface area contributed by atoms with Crippen molar-refractivity contribution in [3.05, 3.63) is 81.9 Å². The summed E-state index contributed by atoms with van der Waals surface area (Å²) >= 11 is 7.68. The van der Waals surface area contributed by atoms with E-state index in [9.17, 15) is 23.3 Å². The monoisotopic (exact) mass is 560 g/mol. The molecule has 0 aromatic heterocycles. The van der Waals surface area contributed by atoms with E-state index >= 15 is 0 Å². The fourth-order valence-electron chi connectivity index (χ4n) is 6.98. The average molecular weight is 561 g/mol. The molecular weight excluding hydrogens is 532 g/mol. The molecule has 0 unspecified atom stereocenters. The van der Waals surface area contributed by atoms with Crippen molar-refractivity contribution in [1.82, 2.24) is 4.31 Å². The Morgan fingerprint density at radius 1 is 1.27 bits per heavy atom. The number of allylic oxidation sites excluding steroid dienone is 1. The van der Waals surface area contributed by atoms with Crippen LogP contribution < -0.4 is 0 Å². The highest BCUT2D eigenvalue weighted by Crippen LogP contribution is 2.70. The first-order valence-electron chi connectivity index (χ1n) is 12.3. The molecule has 5 rings (SSSR count). The molecule has 0 radical (unpaired) electrons. The van der Waals surface area contributed by atoms with E-state index in [1.165, 1.54) is 40.3 Å². The summed E-state index contributed by atoms with van der Waals surface area (Å²) in [6, 6.07) is 12.4. The van der Waals surface area contributed by atoms with Crippen LogP contribution in [-0.4, -0.2) is 35.3 Å². The van der Waals surface area contributed by atoms with E-state index in [2.05, 4.69) is 20.4 Å². The van der Waals surface area contributed by atoms with Crippen molar-refractivity contribution in [2.24, 2.45) is 16.7 Å². The van der Waals surface area contributed by atoms with Crippen LogP contribution in [0.1, 0.15) is 45.1 Å². The number of thioether (sulfide) groups is 1. The number of hydrogen-bond donors (Lipinski definition) is 0. The third kappa shape index (κ3) is 3.76. The maximum Gasteiger partial charge on any atom is 0.269 e. The minimum atomic E-state index is -3.90. The number of amides is 1. The maximum absolute atomic E-state index is 14.7. The number of fused-ring (bicyclic) bond motifs is 1. The number of carbonyl (C=O) groups excluding carboxylic acids is 1. The predicted octanol–water partition coefficient (Wildman–Crippen LogP) is 6.18. The van der Waals surface area contributed by atoms with Crippen LogP contribution in [0.2, 0.25) is 5.02 Å². The van der Waals surface area contributed by atoms with Gasteiger partial charge in [-0.1, -0.05) is 55.8 Å². The highest BCUT2D eigenvalue weighted by atomic mass is 35.5. The number of benzene rings is 2. The first-order valence-corrected chi connectivity index (χ1v) is 15.1. The van der Waals surface area contributed by atoms with E-state index in [0.29, 0.717) is 27.8 Å². The third-order valence-electron chi connectivity index (χ3n) is 9.05. The zero-order valence-corrected chi connectivity index (χ0v) is 23.1. The summed E-state index contributed by atoms with van der Waals surface area (Å²) in [5, 5.41) is 11.8. The molecule has 0 N–H and O–H groups in total. The van der Waals surface area contributed by atoms with Gasteiger partial charge in [-0.25, -0.2) is 12.7 Å². The predicted molar refractivity (Wildman–Crippen MR) is 145 cm³/mol. The molecule has 2 saturated carbocycles. The second kappa shape index (κ2) is 8.85. The van der Waals surface area contributed by atoms with E-state index < -0.39 is 37.1 Å². The first-order chi connectivity index (χ1) is 17.4. The molecule has 1 heterocycles.